The molecule has 0 amide bonds. The normalized spacial score (nSPS) is 20.6. The van der Waals surface area contributed by atoms with E-state index in [1.54, 1.807) is 20.4 Å². The quantitative estimate of drug-likeness (QED) is 0.910. The van der Waals surface area contributed by atoms with Crippen LogP contribution in [-0.2, 0) is 4.79 Å². The second-order valence-electron chi connectivity index (χ2n) is 6.10. The first-order valence-electron chi connectivity index (χ1n) is 8.11. The number of nitrogens with zero attached hydrogens (tertiary/aromatic N) is 2. The number of aromatic nitrogens is 2. The van der Waals surface area contributed by atoms with E-state index in [0.29, 0.717) is 24.3 Å². The molecule has 3 rings (SSSR count). The van der Waals surface area contributed by atoms with Crippen molar-refractivity contribution in [3.63, 3.8) is 0 Å². The monoisotopic (exact) mass is 330 g/mol. The maximum atomic E-state index is 11.1. The van der Waals surface area contributed by atoms with Crippen molar-refractivity contribution in [2.45, 2.75) is 31.7 Å². The van der Waals surface area contributed by atoms with Crippen LogP contribution < -0.4 is 9.47 Å². The minimum atomic E-state index is -0.683. The molecule has 0 saturated heterocycles. The third-order valence-corrected chi connectivity index (χ3v) is 4.72. The maximum Gasteiger partial charge on any atom is 0.306 e. The van der Waals surface area contributed by atoms with Gasteiger partial charge in [0, 0.05) is 30.1 Å². The molecule has 1 saturated carbocycles. The highest BCUT2D eigenvalue weighted by Crippen LogP contribution is 2.36. The number of methoxy groups -OCH3 is 2. The van der Waals surface area contributed by atoms with E-state index in [9.17, 15) is 4.79 Å². The molecule has 1 N–H and O–H groups in total. The minimum absolute atomic E-state index is 0.217. The maximum absolute atomic E-state index is 11.1. The first-order chi connectivity index (χ1) is 11.6. The lowest BCUT2D eigenvalue weighted by Crippen LogP contribution is -2.23. The Balaban J connectivity index is 1.87. The van der Waals surface area contributed by atoms with Crippen molar-refractivity contribution >= 4 is 5.97 Å². The van der Waals surface area contributed by atoms with Crippen LogP contribution in [0, 0.1) is 5.92 Å². The Labute approximate surface area is 141 Å². The molecule has 0 radical (unpaired) electrons. The molecule has 0 unspecified atom stereocenters. The molecule has 24 heavy (non-hydrogen) atoms. The molecule has 1 aliphatic carbocycles. The summed E-state index contributed by atoms with van der Waals surface area (Å²) < 4.78 is 12.8. The third-order valence-electron chi connectivity index (χ3n) is 4.72. The van der Waals surface area contributed by atoms with E-state index in [0.717, 1.165) is 24.2 Å². The van der Waals surface area contributed by atoms with Gasteiger partial charge in [0.1, 0.15) is 17.3 Å². The Bertz CT molecular complexity index is 695. The van der Waals surface area contributed by atoms with Gasteiger partial charge < -0.3 is 19.1 Å². The predicted octanol–water partition coefficient (Wildman–Crippen LogP) is 3.38. The summed E-state index contributed by atoms with van der Waals surface area (Å²) in [5.41, 5.74) is 0.927. The number of carbonyl (C=O) groups is 1. The fraction of sp³-hybridized carbons (Fsp3) is 0.444. The van der Waals surface area contributed by atoms with Gasteiger partial charge in [-0.2, -0.15) is 0 Å². The van der Waals surface area contributed by atoms with E-state index < -0.39 is 5.97 Å². The number of carboxylic acid groups (broad SMARTS) is 1. The number of rotatable bonds is 5. The van der Waals surface area contributed by atoms with Gasteiger partial charge in [-0.15, -0.1) is 0 Å². The van der Waals surface area contributed by atoms with E-state index in [2.05, 4.69) is 9.55 Å². The third kappa shape index (κ3) is 3.22. The zero-order valence-electron chi connectivity index (χ0n) is 13.9. The van der Waals surface area contributed by atoms with Crippen LogP contribution in [0.5, 0.6) is 11.5 Å². The number of carboxylic acids is 1. The number of benzene rings is 1. The second kappa shape index (κ2) is 6.95. The minimum Gasteiger partial charge on any atom is -0.497 e. The number of imidazole rings is 1. The Morgan fingerprint density at radius 2 is 1.75 bits per heavy atom. The van der Waals surface area contributed by atoms with E-state index in [4.69, 9.17) is 14.6 Å². The van der Waals surface area contributed by atoms with Crippen LogP contribution in [0.1, 0.15) is 31.7 Å². The van der Waals surface area contributed by atoms with Crippen molar-refractivity contribution in [2.75, 3.05) is 14.2 Å². The van der Waals surface area contributed by atoms with Crippen molar-refractivity contribution in [1.82, 2.24) is 9.55 Å². The highest BCUT2D eigenvalue weighted by Gasteiger charge is 2.28. The van der Waals surface area contributed by atoms with E-state index in [-0.39, 0.29) is 12.0 Å². The lowest BCUT2D eigenvalue weighted by Gasteiger charge is -2.28. The van der Waals surface area contributed by atoms with Crippen LogP contribution in [-0.4, -0.2) is 34.8 Å². The first-order valence-corrected chi connectivity index (χ1v) is 8.11. The van der Waals surface area contributed by atoms with Gasteiger partial charge in [-0.25, -0.2) is 4.98 Å². The van der Waals surface area contributed by atoms with Crippen LogP contribution in [0.4, 0.5) is 0 Å². The van der Waals surface area contributed by atoms with Crippen molar-refractivity contribution in [2.24, 2.45) is 5.92 Å². The van der Waals surface area contributed by atoms with Gasteiger partial charge >= 0.3 is 5.97 Å². The Hall–Kier alpha value is -2.50. The molecule has 1 aliphatic rings. The van der Waals surface area contributed by atoms with Crippen molar-refractivity contribution in [3.8, 4) is 22.9 Å². The van der Waals surface area contributed by atoms with Gasteiger partial charge in [-0.3, -0.25) is 4.79 Å². The van der Waals surface area contributed by atoms with E-state index in [1.807, 2.05) is 24.4 Å². The van der Waals surface area contributed by atoms with E-state index >= 15 is 0 Å². The molecule has 0 spiro atoms. The molecule has 1 heterocycles. The summed E-state index contributed by atoms with van der Waals surface area (Å²) in [5, 5.41) is 9.16. The molecule has 1 aromatic heterocycles. The summed E-state index contributed by atoms with van der Waals surface area (Å²) in [5.74, 6) is 1.38. The Morgan fingerprint density at radius 1 is 1.12 bits per heavy atom. The number of aliphatic carboxylic acids is 1. The van der Waals surface area contributed by atoms with Crippen molar-refractivity contribution in [1.29, 1.82) is 0 Å². The molecule has 6 heteroatoms. The molecular weight excluding hydrogens is 308 g/mol. The summed E-state index contributed by atoms with van der Waals surface area (Å²) in [6, 6.07) is 5.97. The highest BCUT2D eigenvalue weighted by molar-refractivity contribution is 5.70. The zero-order valence-corrected chi connectivity index (χ0v) is 13.9. The summed E-state index contributed by atoms with van der Waals surface area (Å²) in [6.45, 7) is 0. The summed E-state index contributed by atoms with van der Waals surface area (Å²) >= 11 is 0. The lowest BCUT2D eigenvalue weighted by atomic mass is 9.86. The fourth-order valence-corrected chi connectivity index (χ4v) is 3.37. The largest absolute Gasteiger partial charge is 0.497 e. The van der Waals surface area contributed by atoms with Crippen LogP contribution >= 0.6 is 0 Å². The first kappa shape index (κ1) is 16.4. The number of hydrogen-bond acceptors (Lipinski definition) is 4. The lowest BCUT2D eigenvalue weighted by molar-refractivity contribution is -0.143. The molecule has 2 aromatic rings. The van der Waals surface area contributed by atoms with Gasteiger partial charge in [-0.05, 0) is 37.8 Å². The molecule has 0 aliphatic heterocycles. The van der Waals surface area contributed by atoms with Crippen LogP contribution in [0.3, 0.4) is 0 Å². The van der Waals surface area contributed by atoms with Gasteiger partial charge in [-0.1, -0.05) is 0 Å². The average Bonchev–Trinajstić information content (AvgIpc) is 3.11. The standard InChI is InChI=1S/C18H22N2O4/c1-23-15-9-13(10-16(11-15)24-2)17-19-7-8-20(17)14-5-3-12(4-6-14)18(21)22/h7-12,14H,3-6H2,1-2H3,(H,21,22). The average molecular weight is 330 g/mol. The fourth-order valence-electron chi connectivity index (χ4n) is 3.37. The molecule has 1 aromatic carbocycles. The smallest absolute Gasteiger partial charge is 0.306 e. The van der Waals surface area contributed by atoms with Crippen LogP contribution in [0.15, 0.2) is 30.6 Å². The SMILES string of the molecule is COc1cc(OC)cc(-c2nccn2C2CCC(C(=O)O)CC2)c1. The van der Waals surface area contributed by atoms with E-state index in [1.165, 1.54) is 0 Å². The Kier molecular flexibility index (Phi) is 4.74. The predicted molar refractivity (Wildman–Crippen MR) is 89.4 cm³/mol. The van der Waals surface area contributed by atoms with Gasteiger partial charge in [0.2, 0.25) is 0 Å². The molecule has 0 atom stereocenters. The second-order valence-corrected chi connectivity index (χ2v) is 6.10. The number of hydrogen-bond donors (Lipinski definition) is 1. The zero-order chi connectivity index (χ0) is 17.1. The highest BCUT2D eigenvalue weighted by atomic mass is 16.5. The molecule has 6 nitrogen and oxygen atoms in total. The van der Waals surface area contributed by atoms with Gasteiger partial charge in [0.05, 0.1) is 20.1 Å². The summed E-state index contributed by atoms with van der Waals surface area (Å²) in [6.07, 6.45) is 6.86. The van der Waals surface area contributed by atoms with Crippen molar-refractivity contribution in [3.05, 3.63) is 30.6 Å². The van der Waals surface area contributed by atoms with Gasteiger partial charge in [0.25, 0.3) is 0 Å². The summed E-state index contributed by atoms with van der Waals surface area (Å²) in [4.78, 5) is 15.6. The Morgan fingerprint density at radius 3 is 2.29 bits per heavy atom. The molecule has 128 valence electrons. The summed E-state index contributed by atoms with van der Waals surface area (Å²) in [7, 11) is 3.25. The van der Waals surface area contributed by atoms with Crippen LogP contribution in [0.25, 0.3) is 11.4 Å². The molecule has 1 fully saturated rings. The van der Waals surface area contributed by atoms with Gasteiger partial charge in [0.15, 0.2) is 0 Å². The van der Waals surface area contributed by atoms with Crippen molar-refractivity contribution < 1.29 is 19.4 Å². The molecular formula is C18H22N2O4. The van der Waals surface area contributed by atoms with Crippen LogP contribution in [0.2, 0.25) is 0 Å². The number of ether oxygens (including phenoxy) is 2. The topological polar surface area (TPSA) is 73.6 Å². The molecule has 0 bridgehead atoms.